The van der Waals surface area contributed by atoms with Gasteiger partial charge in [-0.1, -0.05) is 36.8 Å². The van der Waals surface area contributed by atoms with E-state index < -0.39 is 5.60 Å². The monoisotopic (exact) mass is 245 g/mol. The maximum Gasteiger partial charge on any atom is 0.0817 e. The van der Waals surface area contributed by atoms with E-state index in [0.29, 0.717) is 6.04 Å². The summed E-state index contributed by atoms with van der Waals surface area (Å²) in [5, 5.41) is 10.9. The summed E-state index contributed by atoms with van der Waals surface area (Å²) in [5.74, 6) is 0. The van der Waals surface area contributed by atoms with Gasteiger partial charge in [0.1, 0.15) is 0 Å². The van der Waals surface area contributed by atoms with Crippen molar-refractivity contribution in [2.75, 3.05) is 13.1 Å². The van der Waals surface area contributed by atoms with Crippen LogP contribution in [0.1, 0.15) is 37.7 Å². The molecule has 2 nitrogen and oxygen atoms in total. The normalized spacial score (nSPS) is 32.4. The van der Waals surface area contributed by atoms with Crippen LogP contribution in [0.3, 0.4) is 0 Å². The van der Waals surface area contributed by atoms with Crippen LogP contribution in [0.4, 0.5) is 0 Å². The molecule has 0 aromatic heterocycles. The molecule has 0 spiro atoms. The molecule has 0 bridgehead atoms. The van der Waals surface area contributed by atoms with Crippen molar-refractivity contribution in [3.63, 3.8) is 0 Å². The fraction of sp³-hybridized carbons (Fsp3) is 0.625. The maximum absolute atomic E-state index is 10.9. The zero-order valence-corrected chi connectivity index (χ0v) is 11.0. The summed E-state index contributed by atoms with van der Waals surface area (Å²) in [6.07, 6.45) is 6.66. The van der Waals surface area contributed by atoms with Crippen molar-refractivity contribution in [2.45, 2.75) is 50.2 Å². The number of piperidine rings is 1. The summed E-state index contributed by atoms with van der Waals surface area (Å²) in [6, 6.07) is 11.0. The van der Waals surface area contributed by atoms with Crippen LogP contribution in [-0.2, 0) is 6.42 Å². The van der Waals surface area contributed by atoms with Gasteiger partial charge in [-0.05, 0) is 44.2 Å². The van der Waals surface area contributed by atoms with E-state index >= 15 is 0 Å². The second-order valence-electron chi connectivity index (χ2n) is 5.89. The molecule has 1 aromatic carbocycles. The van der Waals surface area contributed by atoms with Crippen molar-refractivity contribution < 1.29 is 5.11 Å². The zero-order valence-electron chi connectivity index (χ0n) is 11.0. The highest BCUT2D eigenvalue weighted by Crippen LogP contribution is 2.37. The fourth-order valence-electron chi connectivity index (χ4n) is 3.67. The lowest BCUT2D eigenvalue weighted by Crippen LogP contribution is -2.47. The third-order valence-electron chi connectivity index (χ3n) is 4.76. The highest BCUT2D eigenvalue weighted by molar-refractivity contribution is 5.16. The number of aryl methyl sites for hydroxylation is 1. The summed E-state index contributed by atoms with van der Waals surface area (Å²) >= 11 is 0. The number of nitrogens with zero attached hydrogens (tertiary/aromatic N) is 1. The molecule has 0 amide bonds. The van der Waals surface area contributed by atoms with Crippen LogP contribution in [0.2, 0.25) is 0 Å². The first-order chi connectivity index (χ1) is 8.78. The molecule has 0 aliphatic carbocycles. The quantitative estimate of drug-likeness (QED) is 0.885. The first kappa shape index (κ1) is 12.2. The van der Waals surface area contributed by atoms with Crippen LogP contribution in [0.5, 0.6) is 0 Å². The van der Waals surface area contributed by atoms with Crippen molar-refractivity contribution in [1.29, 1.82) is 0 Å². The lowest BCUT2D eigenvalue weighted by atomic mass is 9.84. The highest BCUT2D eigenvalue weighted by Gasteiger charge is 2.45. The summed E-state index contributed by atoms with van der Waals surface area (Å²) in [6.45, 7) is 2.29. The minimum atomic E-state index is -0.434. The largest absolute Gasteiger partial charge is 0.388 e. The molecule has 2 atom stereocenters. The Kier molecular flexibility index (Phi) is 3.40. The van der Waals surface area contributed by atoms with E-state index in [0.717, 1.165) is 25.8 Å². The summed E-state index contributed by atoms with van der Waals surface area (Å²) in [5.41, 5.74) is 0.913. The molecule has 3 rings (SSSR count). The van der Waals surface area contributed by atoms with Crippen molar-refractivity contribution in [1.82, 2.24) is 4.90 Å². The van der Waals surface area contributed by atoms with Crippen molar-refractivity contribution in [3.05, 3.63) is 35.9 Å². The smallest absolute Gasteiger partial charge is 0.0817 e. The Labute approximate surface area is 110 Å². The number of hydrogen-bond donors (Lipinski definition) is 1. The molecule has 2 saturated heterocycles. The second kappa shape index (κ2) is 5.02. The van der Waals surface area contributed by atoms with Crippen molar-refractivity contribution in [2.24, 2.45) is 0 Å². The Hall–Kier alpha value is -0.860. The van der Waals surface area contributed by atoms with E-state index in [2.05, 4.69) is 35.2 Å². The van der Waals surface area contributed by atoms with Crippen molar-refractivity contribution in [3.8, 4) is 0 Å². The first-order valence-corrected chi connectivity index (χ1v) is 7.28. The first-order valence-electron chi connectivity index (χ1n) is 7.28. The minimum absolute atomic E-state index is 0.426. The van der Waals surface area contributed by atoms with Gasteiger partial charge in [0.25, 0.3) is 0 Å². The molecule has 0 radical (unpaired) electrons. The van der Waals surface area contributed by atoms with Gasteiger partial charge in [-0.25, -0.2) is 0 Å². The van der Waals surface area contributed by atoms with E-state index in [1.54, 1.807) is 0 Å². The Morgan fingerprint density at radius 2 is 2.00 bits per heavy atom. The molecule has 2 heteroatoms. The van der Waals surface area contributed by atoms with Gasteiger partial charge >= 0.3 is 0 Å². The van der Waals surface area contributed by atoms with Crippen LogP contribution in [0.15, 0.2) is 30.3 Å². The molecular weight excluding hydrogens is 222 g/mol. The molecular formula is C16H23NO. The summed E-state index contributed by atoms with van der Waals surface area (Å²) in [7, 11) is 0. The number of fused-ring (bicyclic) bond motifs is 1. The topological polar surface area (TPSA) is 23.5 Å². The van der Waals surface area contributed by atoms with Crippen LogP contribution >= 0.6 is 0 Å². The Balaban J connectivity index is 1.64. The average molecular weight is 245 g/mol. The van der Waals surface area contributed by atoms with Crippen LogP contribution in [0, 0.1) is 0 Å². The van der Waals surface area contributed by atoms with Gasteiger partial charge in [-0.15, -0.1) is 0 Å². The lowest BCUT2D eigenvalue weighted by molar-refractivity contribution is -0.0157. The fourth-order valence-corrected chi connectivity index (χ4v) is 3.67. The number of hydrogen-bond acceptors (Lipinski definition) is 2. The van der Waals surface area contributed by atoms with Gasteiger partial charge in [-0.2, -0.15) is 0 Å². The van der Waals surface area contributed by atoms with Gasteiger partial charge in [-0.3, -0.25) is 4.90 Å². The van der Waals surface area contributed by atoms with Gasteiger partial charge in [0.05, 0.1) is 5.60 Å². The maximum atomic E-state index is 10.9. The van der Waals surface area contributed by atoms with E-state index in [-0.39, 0.29) is 0 Å². The van der Waals surface area contributed by atoms with E-state index in [4.69, 9.17) is 0 Å². The van der Waals surface area contributed by atoms with Crippen molar-refractivity contribution >= 4 is 0 Å². The minimum Gasteiger partial charge on any atom is -0.388 e. The molecule has 98 valence electrons. The predicted octanol–water partition coefficient (Wildman–Crippen LogP) is 2.61. The summed E-state index contributed by atoms with van der Waals surface area (Å²) in [4.78, 5) is 2.51. The molecule has 2 unspecified atom stereocenters. The van der Waals surface area contributed by atoms with Gasteiger partial charge in [0.2, 0.25) is 0 Å². The third-order valence-corrected chi connectivity index (χ3v) is 4.76. The highest BCUT2D eigenvalue weighted by atomic mass is 16.3. The van der Waals surface area contributed by atoms with Crippen LogP contribution in [0.25, 0.3) is 0 Å². The Bertz CT molecular complexity index is 391. The average Bonchev–Trinajstić information content (AvgIpc) is 2.77. The van der Waals surface area contributed by atoms with E-state index in [1.165, 1.54) is 31.4 Å². The van der Waals surface area contributed by atoms with Gasteiger partial charge in [0, 0.05) is 12.6 Å². The number of benzene rings is 1. The molecule has 2 fully saturated rings. The van der Waals surface area contributed by atoms with E-state index in [9.17, 15) is 5.11 Å². The number of rotatable bonds is 3. The van der Waals surface area contributed by atoms with E-state index in [1.807, 2.05) is 0 Å². The third kappa shape index (κ3) is 2.32. The summed E-state index contributed by atoms with van der Waals surface area (Å²) < 4.78 is 0. The Morgan fingerprint density at radius 1 is 1.17 bits per heavy atom. The molecule has 1 N–H and O–H groups in total. The molecule has 2 aliphatic rings. The Morgan fingerprint density at radius 3 is 2.83 bits per heavy atom. The van der Waals surface area contributed by atoms with Gasteiger partial charge < -0.3 is 5.11 Å². The molecule has 2 aliphatic heterocycles. The predicted molar refractivity (Wildman–Crippen MR) is 73.5 cm³/mol. The molecule has 1 aromatic rings. The SMILES string of the molecule is OC1(CCc2ccccc2)CCN2CCCCC21. The molecule has 18 heavy (non-hydrogen) atoms. The number of aliphatic hydroxyl groups is 1. The van der Waals surface area contributed by atoms with Crippen LogP contribution in [-0.4, -0.2) is 34.7 Å². The second-order valence-corrected chi connectivity index (χ2v) is 5.89. The molecule has 0 saturated carbocycles. The van der Waals surface area contributed by atoms with Gasteiger partial charge in [0.15, 0.2) is 0 Å². The standard InChI is InChI=1S/C16H23NO/c18-16(10-9-14-6-2-1-3-7-14)11-13-17-12-5-4-8-15(16)17/h1-3,6-7,15,18H,4-5,8-13H2. The van der Waals surface area contributed by atoms with Crippen LogP contribution < -0.4 is 0 Å². The zero-order chi connectivity index (χ0) is 12.4. The molecule has 2 heterocycles. The lowest BCUT2D eigenvalue weighted by Gasteiger charge is -2.37.